The van der Waals surface area contributed by atoms with Crippen molar-refractivity contribution in [3.8, 4) is 5.75 Å². The molecule has 3 aromatic carbocycles. The first kappa shape index (κ1) is 32.6. The summed E-state index contributed by atoms with van der Waals surface area (Å²) in [5, 5.41) is 3.79. The van der Waals surface area contributed by atoms with Gasteiger partial charge in [0.2, 0.25) is 11.8 Å². The molecule has 0 aliphatic heterocycles. The molecule has 1 atom stereocenters. The molecule has 0 aromatic heterocycles. The lowest BCUT2D eigenvalue weighted by Crippen LogP contribution is -2.53. The monoisotopic (exact) mass is 645 g/mol. The molecular weight excluding hydrogens is 609 g/mol. The van der Waals surface area contributed by atoms with Crippen molar-refractivity contribution in [3.05, 3.63) is 88.4 Å². The molecule has 43 heavy (non-hydrogen) atoms. The van der Waals surface area contributed by atoms with Crippen LogP contribution in [0.5, 0.6) is 5.75 Å². The molecule has 8 nitrogen and oxygen atoms in total. The number of nitrogens with zero attached hydrogens (tertiary/aromatic N) is 2. The van der Waals surface area contributed by atoms with Gasteiger partial charge >= 0.3 is 0 Å². The van der Waals surface area contributed by atoms with Crippen molar-refractivity contribution in [1.82, 2.24) is 10.2 Å². The van der Waals surface area contributed by atoms with Gasteiger partial charge in [-0.25, -0.2) is 8.42 Å². The summed E-state index contributed by atoms with van der Waals surface area (Å²) < 4.78 is 34.6. The Kier molecular flexibility index (Phi) is 11.3. The zero-order valence-electron chi connectivity index (χ0n) is 24.3. The summed E-state index contributed by atoms with van der Waals surface area (Å²) >= 11 is 13.0. The lowest BCUT2D eigenvalue weighted by molar-refractivity contribution is -0.140. The summed E-state index contributed by atoms with van der Waals surface area (Å²) in [5.74, 6) is -0.319. The van der Waals surface area contributed by atoms with Gasteiger partial charge in [0.15, 0.2) is 0 Å². The van der Waals surface area contributed by atoms with E-state index in [1.54, 1.807) is 60.7 Å². The van der Waals surface area contributed by atoms with Gasteiger partial charge < -0.3 is 15.0 Å². The molecule has 0 bridgehead atoms. The molecule has 1 saturated carbocycles. The maximum Gasteiger partial charge on any atom is 0.264 e. The molecule has 2 amide bonds. The minimum Gasteiger partial charge on any atom is -0.494 e. The Morgan fingerprint density at radius 2 is 1.56 bits per heavy atom. The zero-order valence-corrected chi connectivity index (χ0v) is 26.7. The van der Waals surface area contributed by atoms with Crippen LogP contribution in [0.2, 0.25) is 10.0 Å². The van der Waals surface area contributed by atoms with Crippen LogP contribution in [0.4, 0.5) is 5.69 Å². The molecule has 11 heteroatoms. The second-order valence-electron chi connectivity index (χ2n) is 10.4. The predicted molar refractivity (Wildman–Crippen MR) is 170 cm³/mol. The molecular formula is C32H37Cl2N3O5S. The third-order valence-electron chi connectivity index (χ3n) is 7.52. The van der Waals surface area contributed by atoms with Gasteiger partial charge in [-0.3, -0.25) is 13.9 Å². The molecule has 4 rings (SSSR count). The smallest absolute Gasteiger partial charge is 0.264 e. The molecule has 0 radical (unpaired) electrons. The van der Waals surface area contributed by atoms with Crippen molar-refractivity contribution in [1.29, 1.82) is 0 Å². The number of hydrogen-bond acceptors (Lipinski definition) is 5. The van der Waals surface area contributed by atoms with E-state index in [4.69, 9.17) is 27.9 Å². The highest BCUT2D eigenvalue weighted by molar-refractivity contribution is 7.92. The third kappa shape index (κ3) is 8.02. The van der Waals surface area contributed by atoms with Gasteiger partial charge in [-0.15, -0.1) is 0 Å². The van der Waals surface area contributed by atoms with Crippen LogP contribution in [0.25, 0.3) is 0 Å². The van der Waals surface area contributed by atoms with Gasteiger partial charge in [0.1, 0.15) is 18.3 Å². The lowest BCUT2D eigenvalue weighted by Gasteiger charge is -2.34. The summed E-state index contributed by atoms with van der Waals surface area (Å²) in [7, 11) is -4.20. The highest BCUT2D eigenvalue weighted by Gasteiger charge is 2.35. The molecule has 230 valence electrons. The van der Waals surface area contributed by atoms with Crippen LogP contribution >= 0.6 is 23.2 Å². The quantitative estimate of drug-likeness (QED) is 0.230. The van der Waals surface area contributed by atoms with Gasteiger partial charge in [-0.1, -0.05) is 67.2 Å². The van der Waals surface area contributed by atoms with Crippen molar-refractivity contribution in [2.75, 3.05) is 17.5 Å². The first-order valence-electron chi connectivity index (χ1n) is 14.5. The Morgan fingerprint density at radius 1 is 0.930 bits per heavy atom. The number of benzene rings is 3. The fourth-order valence-electron chi connectivity index (χ4n) is 5.27. The van der Waals surface area contributed by atoms with E-state index >= 15 is 0 Å². The molecule has 0 saturated heterocycles. The van der Waals surface area contributed by atoms with Crippen molar-refractivity contribution < 1.29 is 22.7 Å². The minimum absolute atomic E-state index is 0.000627. The maximum absolute atomic E-state index is 14.2. The van der Waals surface area contributed by atoms with E-state index in [0.29, 0.717) is 40.1 Å². The number of ether oxygens (including phenoxy) is 1. The van der Waals surface area contributed by atoms with Gasteiger partial charge in [0.25, 0.3) is 10.0 Å². The highest BCUT2D eigenvalue weighted by Crippen LogP contribution is 2.29. The SMILES string of the molecule is CCOc1ccc(S(=O)(=O)N(CC(=O)N(Cc2c(Cl)cccc2Cl)C(CC)C(=O)NC2CCCC2)c2ccccc2)cc1. The summed E-state index contributed by atoms with van der Waals surface area (Å²) in [5.41, 5.74) is 0.788. The number of para-hydroxylation sites is 1. The Balaban J connectivity index is 1.72. The molecule has 1 aliphatic rings. The standard InChI is InChI=1S/C32H37Cl2N3O5S/c1-3-30(32(39)35-23-11-8-9-12-23)36(21-27-28(33)15-10-16-29(27)34)31(38)22-37(24-13-6-5-7-14-24)43(40,41)26-19-17-25(18-20-26)42-4-2/h5-7,10,13-20,23,30H,3-4,8-9,11-12,21-22H2,1-2H3,(H,35,39). The first-order chi connectivity index (χ1) is 20.6. The molecule has 1 aliphatic carbocycles. The summed E-state index contributed by atoms with van der Waals surface area (Å²) in [6, 6.07) is 18.7. The third-order valence-corrected chi connectivity index (χ3v) is 10.0. The lowest BCUT2D eigenvalue weighted by atomic mass is 10.1. The molecule has 1 unspecified atom stereocenters. The predicted octanol–water partition coefficient (Wildman–Crippen LogP) is 6.45. The van der Waals surface area contributed by atoms with E-state index in [1.165, 1.54) is 17.0 Å². The second kappa shape index (κ2) is 14.9. The Labute approximate surface area is 264 Å². The number of nitrogens with one attached hydrogen (secondary N) is 1. The average Bonchev–Trinajstić information content (AvgIpc) is 3.51. The number of sulfonamides is 1. The summed E-state index contributed by atoms with van der Waals surface area (Å²) in [6.07, 6.45) is 4.15. The zero-order chi connectivity index (χ0) is 31.0. The normalized spacial score (nSPS) is 14.2. The molecule has 1 N–H and O–H groups in total. The van der Waals surface area contributed by atoms with Crippen molar-refractivity contribution in [2.24, 2.45) is 0 Å². The maximum atomic E-state index is 14.2. The molecule has 3 aromatic rings. The summed E-state index contributed by atoms with van der Waals surface area (Å²) in [6.45, 7) is 3.48. The van der Waals surface area contributed by atoms with Crippen LogP contribution in [-0.4, -0.2) is 50.4 Å². The molecule has 1 fully saturated rings. The Bertz CT molecular complexity index is 1480. The number of halogens is 2. The number of carbonyl (C=O) groups excluding carboxylic acids is 2. The highest BCUT2D eigenvalue weighted by atomic mass is 35.5. The van der Waals surface area contributed by atoms with Crippen LogP contribution in [0.1, 0.15) is 51.5 Å². The minimum atomic E-state index is -4.20. The van der Waals surface area contributed by atoms with E-state index in [9.17, 15) is 18.0 Å². The van der Waals surface area contributed by atoms with E-state index in [1.807, 2.05) is 13.8 Å². The topological polar surface area (TPSA) is 96.0 Å². The first-order valence-corrected chi connectivity index (χ1v) is 16.7. The fourth-order valence-corrected chi connectivity index (χ4v) is 7.20. The van der Waals surface area contributed by atoms with Crippen molar-refractivity contribution in [2.45, 2.75) is 69.5 Å². The average molecular weight is 647 g/mol. The van der Waals surface area contributed by atoms with E-state index in [-0.39, 0.29) is 23.4 Å². The van der Waals surface area contributed by atoms with E-state index < -0.39 is 28.5 Å². The van der Waals surface area contributed by atoms with Crippen LogP contribution < -0.4 is 14.4 Å². The number of rotatable bonds is 13. The van der Waals surface area contributed by atoms with Gasteiger partial charge in [-0.2, -0.15) is 0 Å². The molecule has 0 spiro atoms. The van der Waals surface area contributed by atoms with Gasteiger partial charge in [0, 0.05) is 28.2 Å². The number of amides is 2. The number of anilines is 1. The number of carbonyl (C=O) groups is 2. The van der Waals surface area contributed by atoms with Crippen LogP contribution in [0, 0.1) is 0 Å². The van der Waals surface area contributed by atoms with Crippen LogP contribution in [0.3, 0.4) is 0 Å². The van der Waals surface area contributed by atoms with Crippen LogP contribution in [0.15, 0.2) is 77.7 Å². The van der Waals surface area contributed by atoms with Crippen molar-refractivity contribution in [3.63, 3.8) is 0 Å². The van der Waals surface area contributed by atoms with Crippen LogP contribution in [-0.2, 0) is 26.2 Å². The number of hydrogen-bond donors (Lipinski definition) is 1. The Morgan fingerprint density at radius 3 is 2.14 bits per heavy atom. The second-order valence-corrected chi connectivity index (χ2v) is 13.1. The fraction of sp³-hybridized carbons (Fsp3) is 0.375. The van der Waals surface area contributed by atoms with Crippen molar-refractivity contribution >= 4 is 50.7 Å². The van der Waals surface area contributed by atoms with Gasteiger partial charge in [-0.05, 0) is 74.7 Å². The Hall–Kier alpha value is -3.27. The summed E-state index contributed by atoms with van der Waals surface area (Å²) in [4.78, 5) is 29.2. The van der Waals surface area contributed by atoms with E-state index in [2.05, 4.69) is 5.32 Å². The largest absolute Gasteiger partial charge is 0.494 e. The van der Waals surface area contributed by atoms with Gasteiger partial charge in [0.05, 0.1) is 17.2 Å². The molecule has 0 heterocycles. The van der Waals surface area contributed by atoms with E-state index in [0.717, 1.165) is 30.0 Å².